The van der Waals surface area contributed by atoms with Crippen molar-refractivity contribution in [1.29, 1.82) is 0 Å². The number of nitrogens with zero attached hydrogens (tertiary/aromatic N) is 2. The molecule has 0 radical (unpaired) electrons. The molecule has 2 rings (SSSR count). The lowest BCUT2D eigenvalue weighted by Gasteiger charge is -2.48. The molecule has 124 valence electrons. The van der Waals surface area contributed by atoms with Crippen molar-refractivity contribution in [2.24, 2.45) is 23.2 Å². The first-order valence-electron chi connectivity index (χ1n) is 9.33. The molecule has 2 saturated heterocycles. The summed E-state index contributed by atoms with van der Waals surface area (Å²) in [5, 5.41) is 0. The second kappa shape index (κ2) is 7.46. The van der Waals surface area contributed by atoms with Gasteiger partial charge in [0.2, 0.25) is 0 Å². The minimum atomic E-state index is 0.451. The molecule has 0 aromatic carbocycles. The largest absolute Gasteiger partial charge is 0.303 e. The molecule has 2 heteroatoms. The molecule has 2 nitrogen and oxygen atoms in total. The van der Waals surface area contributed by atoms with Crippen LogP contribution >= 0.6 is 0 Å². The molecule has 2 aliphatic rings. The zero-order valence-electron chi connectivity index (χ0n) is 15.2. The highest BCUT2D eigenvalue weighted by Gasteiger charge is 2.38. The van der Waals surface area contributed by atoms with E-state index in [0.29, 0.717) is 5.41 Å². The summed E-state index contributed by atoms with van der Waals surface area (Å²) >= 11 is 0. The molecule has 0 aromatic rings. The third-order valence-corrected chi connectivity index (χ3v) is 5.75. The summed E-state index contributed by atoms with van der Waals surface area (Å²) in [6.45, 7) is 20.1. The molecule has 0 N–H and O–H groups in total. The maximum absolute atomic E-state index is 2.73. The molecule has 2 unspecified atom stereocenters. The van der Waals surface area contributed by atoms with Crippen LogP contribution in [0.3, 0.4) is 0 Å². The third kappa shape index (κ3) is 4.96. The summed E-state index contributed by atoms with van der Waals surface area (Å²) in [5.74, 6) is 2.53. The minimum absolute atomic E-state index is 0.451. The Labute approximate surface area is 133 Å². The van der Waals surface area contributed by atoms with Gasteiger partial charge in [-0.15, -0.1) is 0 Å². The smallest absolute Gasteiger partial charge is 0.00359 e. The predicted octanol–water partition coefficient (Wildman–Crippen LogP) is 4.11. The molecule has 2 aliphatic heterocycles. The second-order valence-corrected chi connectivity index (χ2v) is 8.85. The van der Waals surface area contributed by atoms with Crippen LogP contribution in [0.2, 0.25) is 0 Å². The Balaban J connectivity index is 1.94. The number of likely N-dealkylation sites (tertiary alicyclic amines) is 2. The lowest BCUT2D eigenvalue weighted by atomic mass is 9.69. The Morgan fingerprint density at radius 3 is 2.29 bits per heavy atom. The number of hydrogen-bond donors (Lipinski definition) is 0. The van der Waals surface area contributed by atoms with Gasteiger partial charge in [-0.3, -0.25) is 0 Å². The maximum Gasteiger partial charge on any atom is 0.00359 e. The highest BCUT2D eigenvalue weighted by atomic mass is 15.2. The fourth-order valence-corrected chi connectivity index (χ4v) is 4.65. The van der Waals surface area contributed by atoms with Crippen molar-refractivity contribution >= 4 is 0 Å². The molecule has 2 heterocycles. The predicted molar refractivity (Wildman–Crippen MR) is 92.6 cm³/mol. The highest BCUT2D eigenvalue weighted by molar-refractivity contribution is 4.90. The Kier molecular flexibility index (Phi) is 6.14. The van der Waals surface area contributed by atoms with Gasteiger partial charge >= 0.3 is 0 Å². The first kappa shape index (κ1) is 17.3. The van der Waals surface area contributed by atoms with E-state index in [0.717, 1.165) is 17.8 Å². The zero-order chi connectivity index (χ0) is 15.5. The average Bonchev–Trinajstić information content (AvgIpc) is 2.41. The summed E-state index contributed by atoms with van der Waals surface area (Å²) in [5.41, 5.74) is 0.451. The van der Waals surface area contributed by atoms with Gasteiger partial charge in [0.25, 0.3) is 0 Å². The van der Waals surface area contributed by atoms with E-state index < -0.39 is 0 Å². The summed E-state index contributed by atoms with van der Waals surface area (Å²) in [4.78, 5) is 5.46. The first-order valence-corrected chi connectivity index (χ1v) is 9.33. The van der Waals surface area contributed by atoms with Gasteiger partial charge in [0, 0.05) is 19.6 Å². The van der Waals surface area contributed by atoms with E-state index in [-0.39, 0.29) is 0 Å². The summed E-state index contributed by atoms with van der Waals surface area (Å²) < 4.78 is 0. The normalized spacial score (nSPS) is 30.0. The summed E-state index contributed by atoms with van der Waals surface area (Å²) in [6.07, 6.45) is 5.66. The number of rotatable bonds is 5. The van der Waals surface area contributed by atoms with Crippen LogP contribution in [0.1, 0.15) is 60.3 Å². The van der Waals surface area contributed by atoms with Gasteiger partial charge in [-0.1, -0.05) is 41.0 Å². The molecule has 0 amide bonds. The number of piperidine rings is 2. The van der Waals surface area contributed by atoms with Gasteiger partial charge in [0.1, 0.15) is 0 Å². The van der Waals surface area contributed by atoms with Crippen LogP contribution in [0.4, 0.5) is 0 Å². The Morgan fingerprint density at radius 2 is 1.67 bits per heavy atom. The molecular formula is C19H38N2. The second-order valence-electron chi connectivity index (χ2n) is 8.85. The molecule has 2 fully saturated rings. The van der Waals surface area contributed by atoms with E-state index in [1.165, 1.54) is 65.0 Å². The molecule has 2 atom stereocenters. The highest BCUT2D eigenvalue weighted by Crippen LogP contribution is 2.39. The van der Waals surface area contributed by atoms with Crippen molar-refractivity contribution < 1.29 is 0 Å². The topological polar surface area (TPSA) is 6.48 Å². The van der Waals surface area contributed by atoms with Gasteiger partial charge in [0.05, 0.1) is 0 Å². The van der Waals surface area contributed by atoms with Crippen molar-refractivity contribution in [3.8, 4) is 0 Å². The van der Waals surface area contributed by atoms with Crippen LogP contribution in [0.15, 0.2) is 0 Å². The molecular weight excluding hydrogens is 256 g/mol. The number of hydrogen-bond acceptors (Lipinski definition) is 2. The zero-order valence-corrected chi connectivity index (χ0v) is 15.2. The van der Waals surface area contributed by atoms with Gasteiger partial charge in [-0.05, 0) is 62.1 Å². The SMILES string of the molecule is CC(C)CN1CCC(C)C(C(C)(C)CN2CCCCC2)C1. The van der Waals surface area contributed by atoms with Crippen LogP contribution < -0.4 is 0 Å². The van der Waals surface area contributed by atoms with Crippen LogP contribution in [-0.2, 0) is 0 Å². The van der Waals surface area contributed by atoms with E-state index in [1.54, 1.807) is 0 Å². The molecule has 0 saturated carbocycles. The van der Waals surface area contributed by atoms with Crippen LogP contribution in [0.25, 0.3) is 0 Å². The Morgan fingerprint density at radius 1 is 1.00 bits per heavy atom. The van der Waals surface area contributed by atoms with Crippen molar-refractivity contribution in [1.82, 2.24) is 9.80 Å². The van der Waals surface area contributed by atoms with Crippen LogP contribution in [0.5, 0.6) is 0 Å². The monoisotopic (exact) mass is 294 g/mol. The third-order valence-electron chi connectivity index (χ3n) is 5.75. The van der Waals surface area contributed by atoms with Gasteiger partial charge in [0.15, 0.2) is 0 Å². The average molecular weight is 295 g/mol. The van der Waals surface area contributed by atoms with Crippen molar-refractivity contribution in [3.63, 3.8) is 0 Å². The fraction of sp³-hybridized carbons (Fsp3) is 1.00. The van der Waals surface area contributed by atoms with Crippen molar-refractivity contribution in [2.45, 2.75) is 60.3 Å². The van der Waals surface area contributed by atoms with E-state index in [2.05, 4.69) is 44.4 Å². The minimum Gasteiger partial charge on any atom is -0.303 e. The van der Waals surface area contributed by atoms with Crippen molar-refractivity contribution in [3.05, 3.63) is 0 Å². The van der Waals surface area contributed by atoms with Crippen LogP contribution in [-0.4, -0.2) is 49.1 Å². The standard InChI is InChI=1S/C19H38N2/c1-16(2)13-21-12-9-17(3)18(14-21)19(4,5)15-20-10-7-6-8-11-20/h16-18H,6-15H2,1-5H3. The lowest BCUT2D eigenvalue weighted by molar-refractivity contribution is 0.0131. The van der Waals surface area contributed by atoms with E-state index in [9.17, 15) is 0 Å². The Hall–Kier alpha value is -0.0800. The maximum atomic E-state index is 2.73. The van der Waals surface area contributed by atoms with E-state index in [1.807, 2.05) is 0 Å². The van der Waals surface area contributed by atoms with Crippen molar-refractivity contribution in [2.75, 3.05) is 39.3 Å². The molecule has 0 spiro atoms. The summed E-state index contributed by atoms with van der Waals surface area (Å²) in [6, 6.07) is 0. The molecule has 0 aliphatic carbocycles. The lowest BCUT2D eigenvalue weighted by Crippen LogP contribution is -2.50. The summed E-state index contributed by atoms with van der Waals surface area (Å²) in [7, 11) is 0. The Bertz CT molecular complexity index is 305. The molecule has 0 aromatic heterocycles. The fourth-order valence-electron chi connectivity index (χ4n) is 4.65. The van der Waals surface area contributed by atoms with Gasteiger partial charge in [-0.2, -0.15) is 0 Å². The van der Waals surface area contributed by atoms with E-state index >= 15 is 0 Å². The van der Waals surface area contributed by atoms with Crippen LogP contribution in [0, 0.1) is 23.2 Å². The molecule has 0 bridgehead atoms. The quantitative estimate of drug-likeness (QED) is 0.753. The van der Waals surface area contributed by atoms with E-state index in [4.69, 9.17) is 0 Å². The van der Waals surface area contributed by atoms with Gasteiger partial charge in [-0.25, -0.2) is 0 Å². The molecule has 21 heavy (non-hydrogen) atoms. The first-order chi connectivity index (χ1) is 9.88. The van der Waals surface area contributed by atoms with Gasteiger partial charge < -0.3 is 9.80 Å².